The Balaban J connectivity index is 2.05. The molecular weight excluding hydrogens is 254 g/mol. The van der Waals surface area contributed by atoms with E-state index >= 15 is 0 Å². The van der Waals surface area contributed by atoms with Gasteiger partial charge in [0.25, 0.3) is 0 Å². The number of anilines is 1. The van der Waals surface area contributed by atoms with Gasteiger partial charge in [0.05, 0.1) is 17.7 Å². The van der Waals surface area contributed by atoms with Crippen molar-refractivity contribution in [2.75, 3.05) is 11.9 Å². The maximum atomic E-state index is 11.8. The highest BCUT2D eigenvalue weighted by molar-refractivity contribution is 6.01. The van der Waals surface area contributed by atoms with Crippen molar-refractivity contribution in [2.45, 2.75) is 13.8 Å². The number of fused-ring (bicyclic) bond motifs is 1. The lowest BCUT2D eigenvalue weighted by Gasteiger charge is -2.10. The van der Waals surface area contributed by atoms with E-state index in [0.717, 1.165) is 10.9 Å². The molecular formula is C15H17N3O2. The van der Waals surface area contributed by atoms with Crippen LogP contribution in [0.2, 0.25) is 0 Å². The second-order valence-corrected chi connectivity index (χ2v) is 4.80. The molecule has 0 radical (unpaired) electrons. The van der Waals surface area contributed by atoms with Gasteiger partial charge in [-0.25, -0.2) is 0 Å². The van der Waals surface area contributed by atoms with E-state index in [1.165, 1.54) is 0 Å². The number of benzene rings is 1. The highest BCUT2D eigenvalue weighted by Gasteiger charge is 2.10. The van der Waals surface area contributed by atoms with Gasteiger partial charge in [-0.15, -0.1) is 0 Å². The molecule has 2 aromatic rings. The van der Waals surface area contributed by atoms with E-state index in [9.17, 15) is 9.59 Å². The Morgan fingerprint density at radius 2 is 1.95 bits per heavy atom. The summed E-state index contributed by atoms with van der Waals surface area (Å²) in [7, 11) is 0. The van der Waals surface area contributed by atoms with E-state index in [4.69, 9.17) is 0 Å². The lowest BCUT2D eigenvalue weighted by atomic mass is 10.2. The van der Waals surface area contributed by atoms with Crippen molar-refractivity contribution in [3.05, 3.63) is 36.5 Å². The second kappa shape index (κ2) is 6.14. The molecule has 0 aliphatic rings. The Kier molecular flexibility index (Phi) is 4.30. The second-order valence-electron chi connectivity index (χ2n) is 4.80. The number of para-hydroxylation sites is 1. The molecule has 0 atom stereocenters. The fourth-order valence-corrected chi connectivity index (χ4v) is 1.77. The first-order valence-corrected chi connectivity index (χ1v) is 6.49. The number of nitrogens with one attached hydrogen (secondary N) is 2. The van der Waals surface area contributed by atoms with E-state index in [2.05, 4.69) is 15.6 Å². The van der Waals surface area contributed by atoms with Crippen molar-refractivity contribution in [1.29, 1.82) is 0 Å². The maximum Gasteiger partial charge on any atom is 0.243 e. The Labute approximate surface area is 117 Å². The molecule has 5 heteroatoms. The first-order valence-electron chi connectivity index (χ1n) is 6.49. The van der Waals surface area contributed by atoms with Crippen LogP contribution in [-0.4, -0.2) is 23.3 Å². The summed E-state index contributed by atoms with van der Waals surface area (Å²) in [5.41, 5.74) is 1.38. The van der Waals surface area contributed by atoms with Crippen LogP contribution in [0.3, 0.4) is 0 Å². The predicted molar refractivity (Wildman–Crippen MR) is 78.2 cm³/mol. The lowest BCUT2D eigenvalue weighted by Crippen LogP contribution is -2.35. The van der Waals surface area contributed by atoms with Gasteiger partial charge in [0.2, 0.25) is 11.8 Å². The molecule has 2 rings (SSSR count). The average molecular weight is 271 g/mol. The van der Waals surface area contributed by atoms with Crippen molar-refractivity contribution in [1.82, 2.24) is 10.3 Å². The van der Waals surface area contributed by atoms with Gasteiger partial charge in [-0.05, 0) is 12.1 Å². The number of aromatic nitrogens is 1. The van der Waals surface area contributed by atoms with E-state index in [1.807, 2.05) is 24.3 Å². The van der Waals surface area contributed by atoms with Gasteiger partial charge >= 0.3 is 0 Å². The number of carbonyl (C=O) groups is 2. The van der Waals surface area contributed by atoms with Gasteiger partial charge < -0.3 is 10.6 Å². The third-order valence-corrected chi connectivity index (χ3v) is 2.85. The summed E-state index contributed by atoms with van der Waals surface area (Å²) in [6.45, 7) is 3.52. The van der Waals surface area contributed by atoms with Crippen LogP contribution in [0, 0.1) is 5.92 Å². The Morgan fingerprint density at radius 3 is 2.70 bits per heavy atom. The number of pyridine rings is 1. The topological polar surface area (TPSA) is 71.1 Å². The Bertz CT molecular complexity index is 633. The van der Waals surface area contributed by atoms with Crippen molar-refractivity contribution in [2.24, 2.45) is 5.92 Å². The molecule has 104 valence electrons. The number of carbonyl (C=O) groups excluding carboxylic acids is 2. The highest BCUT2D eigenvalue weighted by atomic mass is 16.2. The van der Waals surface area contributed by atoms with Gasteiger partial charge in [-0.3, -0.25) is 14.6 Å². The summed E-state index contributed by atoms with van der Waals surface area (Å²) in [4.78, 5) is 27.5. The SMILES string of the molecule is CC(C)C(=O)NCC(=O)Nc1cccc2cccnc12. The first kappa shape index (κ1) is 14.0. The number of nitrogens with zero attached hydrogens (tertiary/aromatic N) is 1. The molecule has 1 aromatic heterocycles. The average Bonchev–Trinajstić information content (AvgIpc) is 2.45. The molecule has 20 heavy (non-hydrogen) atoms. The number of hydrogen-bond acceptors (Lipinski definition) is 3. The quantitative estimate of drug-likeness (QED) is 0.892. The van der Waals surface area contributed by atoms with Crippen molar-refractivity contribution < 1.29 is 9.59 Å². The molecule has 1 aromatic carbocycles. The molecule has 0 aliphatic carbocycles. The molecule has 0 unspecified atom stereocenters. The van der Waals surface area contributed by atoms with Crippen LogP contribution in [0.15, 0.2) is 36.5 Å². The van der Waals surface area contributed by atoms with Crippen LogP contribution in [-0.2, 0) is 9.59 Å². The third-order valence-electron chi connectivity index (χ3n) is 2.85. The summed E-state index contributed by atoms with van der Waals surface area (Å²) in [6.07, 6.45) is 1.68. The molecule has 0 spiro atoms. The van der Waals surface area contributed by atoms with E-state index in [1.54, 1.807) is 26.1 Å². The zero-order chi connectivity index (χ0) is 14.5. The van der Waals surface area contributed by atoms with E-state index in [0.29, 0.717) is 5.69 Å². The van der Waals surface area contributed by atoms with E-state index < -0.39 is 0 Å². The molecule has 1 heterocycles. The van der Waals surface area contributed by atoms with Gasteiger partial charge in [-0.2, -0.15) is 0 Å². The normalized spacial score (nSPS) is 10.6. The fourth-order valence-electron chi connectivity index (χ4n) is 1.77. The van der Waals surface area contributed by atoms with Gasteiger partial charge in [0.15, 0.2) is 0 Å². The van der Waals surface area contributed by atoms with Crippen LogP contribution in [0.5, 0.6) is 0 Å². The summed E-state index contributed by atoms with van der Waals surface area (Å²) >= 11 is 0. The fraction of sp³-hybridized carbons (Fsp3) is 0.267. The van der Waals surface area contributed by atoms with E-state index in [-0.39, 0.29) is 24.3 Å². The highest BCUT2D eigenvalue weighted by Crippen LogP contribution is 2.20. The van der Waals surface area contributed by atoms with Crippen LogP contribution in [0.4, 0.5) is 5.69 Å². The lowest BCUT2D eigenvalue weighted by molar-refractivity contribution is -0.126. The molecule has 0 saturated heterocycles. The predicted octanol–water partition coefficient (Wildman–Crippen LogP) is 1.95. The minimum Gasteiger partial charge on any atom is -0.347 e. The van der Waals surface area contributed by atoms with Crippen LogP contribution in [0.1, 0.15) is 13.8 Å². The molecule has 0 saturated carbocycles. The van der Waals surface area contributed by atoms with Crippen molar-refractivity contribution in [3.63, 3.8) is 0 Å². The van der Waals surface area contributed by atoms with Crippen molar-refractivity contribution >= 4 is 28.4 Å². The molecule has 0 fully saturated rings. The zero-order valence-electron chi connectivity index (χ0n) is 11.5. The van der Waals surface area contributed by atoms with Gasteiger partial charge in [-0.1, -0.05) is 32.0 Å². The summed E-state index contributed by atoms with van der Waals surface area (Å²) in [5, 5.41) is 6.30. The summed E-state index contributed by atoms with van der Waals surface area (Å²) < 4.78 is 0. The Hall–Kier alpha value is -2.43. The number of amides is 2. The van der Waals surface area contributed by atoms with Crippen LogP contribution < -0.4 is 10.6 Å². The monoisotopic (exact) mass is 271 g/mol. The largest absolute Gasteiger partial charge is 0.347 e. The van der Waals surface area contributed by atoms with Crippen LogP contribution in [0.25, 0.3) is 10.9 Å². The third kappa shape index (κ3) is 3.32. The smallest absolute Gasteiger partial charge is 0.243 e. The Morgan fingerprint density at radius 1 is 1.20 bits per heavy atom. The number of hydrogen-bond donors (Lipinski definition) is 2. The molecule has 2 amide bonds. The minimum atomic E-state index is -0.267. The minimum absolute atomic E-state index is 0.0414. The van der Waals surface area contributed by atoms with Gasteiger partial charge in [0, 0.05) is 17.5 Å². The van der Waals surface area contributed by atoms with Gasteiger partial charge in [0.1, 0.15) is 0 Å². The zero-order valence-corrected chi connectivity index (χ0v) is 11.5. The molecule has 2 N–H and O–H groups in total. The molecule has 5 nitrogen and oxygen atoms in total. The maximum absolute atomic E-state index is 11.8. The molecule has 0 bridgehead atoms. The van der Waals surface area contributed by atoms with Crippen molar-refractivity contribution in [3.8, 4) is 0 Å². The molecule has 0 aliphatic heterocycles. The summed E-state index contributed by atoms with van der Waals surface area (Å²) in [6, 6.07) is 9.34. The number of rotatable bonds is 4. The first-order chi connectivity index (χ1) is 9.58. The summed E-state index contributed by atoms with van der Waals surface area (Å²) in [5.74, 6) is -0.546. The standard InChI is InChI=1S/C15H17N3O2/c1-10(2)15(20)17-9-13(19)18-12-7-3-5-11-6-4-8-16-14(11)12/h3-8,10H,9H2,1-2H3,(H,17,20)(H,18,19). The van der Waals surface area contributed by atoms with Crippen LogP contribution >= 0.6 is 0 Å².